The van der Waals surface area contributed by atoms with E-state index in [0.717, 1.165) is 37.2 Å². The second-order valence-corrected chi connectivity index (χ2v) is 5.53. The summed E-state index contributed by atoms with van der Waals surface area (Å²) in [5, 5.41) is 0. The van der Waals surface area contributed by atoms with Crippen molar-refractivity contribution in [2.75, 3.05) is 26.2 Å². The van der Waals surface area contributed by atoms with Crippen LogP contribution < -0.4 is 4.74 Å². The lowest BCUT2D eigenvalue weighted by molar-refractivity contribution is -0.0355. The zero-order valence-electron chi connectivity index (χ0n) is 11.9. The maximum atomic E-state index is 12.3. The molecule has 4 nitrogen and oxygen atoms in total. The molecule has 1 aromatic rings. The molecule has 2 fully saturated rings. The van der Waals surface area contributed by atoms with E-state index in [2.05, 4.69) is 4.90 Å². The van der Waals surface area contributed by atoms with Crippen LogP contribution in [0.2, 0.25) is 0 Å². The number of morpholine rings is 1. The third-order valence-corrected chi connectivity index (χ3v) is 3.97. The van der Waals surface area contributed by atoms with Crippen molar-refractivity contribution in [3.05, 3.63) is 29.8 Å². The first-order valence-corrected chi connectivity index (χ1v) is 7.38. The summed E-state index contributed by atoms with van der Waals surface area (Å²) in [6.07, 6.45) is 2.94. The van der Waals surface area contributed by atoms with Gasteiger partial charge >= 0.3 is 0 Å². The van der Waals surface area contributed by atoms with Gasteiger partial charge < -0.3 is 9.47 Å². The fraction of sp³-hybridized carbons (Fsp3) is 0.562. The van der Waals surface area contributed by atoms with Gasteiger partial charge in [-0.3, -0.25) is 9.69 Å². The fourth-order valence-corrected chi connectivity index (χ4v) is 3.03. The van der Waals surface area contributed by atoms with E-state index in [4.69, 9.17) is 9.47 Å². The van der Waals surface area contributed by atoms with E-state index in [-0.39, 0.29) is 5.78 Å². The molecule has 2 atom stereocenters. The molecular weight excluding hydrogens is 254 g/mol. The van der Waals surface area contributed by atoms with E-state index in [1.165, 1.54) is 0 Å². The summed E-state index contributed by atoms with van der Waals surface area (Å²) >= 11 is 0. The molecule has 2 heterocycles. The second kappa shape index (κ2) is 5.94. The molecule has 0 spiro atoms. The van der Waals surface area contributed by atoms with Gasteiger partial charge in [-0.2, -0.15) is 0 Å². The van der Waals surface area contributed by atoms with Crippen molar-refractivity contribution in [3.8, 4) is 5.75 Å². The quantitative estimate of drug-likeness (QED) is 0.772. The lowest BCUT2D eigenvalue weighted by atomic mass is 10.1. The highest BCUT2D eigenvalue weighted by atomic mass is 16.5. The van der Waals surface area contributed by atoms with Gasteiger partial charge in [0.1, 0.15) is 5.75 Å². The first-order chi connectivity index (χ1) is 9.74. The topological polar surface area (TPSA) is 38.8 Å². The van der Waals surface area contributed by atoms with Gasteiger partial charge in [0.05, 0.1) is 25.4 Å². The number of hydrogen-bond acceptors (Lipinski definition) is 4. The molecule has 0 saturated carbocycles. The normalized spacial score (nSPS) is 25.6. The van der Waals surface area contributed by atoms with E-state index >= 15 is 0 Å². The maximum absolute atomic E-state index is 12.3. The Balaban J connectivity index is 1.58. The number of rotatable bonds is 5. The molecular formula is C16H21NO3. The summed E-state index contributed by atoms with van der Waals surface area (Å²) in [7, 11) is 0. The van der Waals surface area contributed by atoms with Crippen molar-refractivity contribution in [2.45, 2.75) is 32.0 Å². The van der Waals surface area contributed by atoms with Crippen LogP contribution in [0.25, 0.3) is 0 Å². The van der Waals surface area contributed by atoms with Crippen LogP contribution in [0.4, 0.5) is 0 Å². The molecule has 2 saturated heterocycles. The van der Waals surface area contributed by atoms with Crippen molar-refractivity contribution >= 4 is 5.78 Å². The fourth-order valence-electron chi connectivity index (χ4n) is 3.03. The number of ketones is 1. The Bertz CT molecular complexity index is 459. The van der Waals surface area contributed by atoms with Crippen LogP contribution in [0.3, 0.4) is 0 Å². The molecule has 0 radical (unpaired) electrons. The van der Waals surface area contributed by atoms with Crippen molar-refractivity contribution in [1.29, 1.82) is 0 Å². The van der Waals surface area contributed by atoms with Crippen molar-refractivity contribution in [1.82, 2.24) is 4.90 Å². The lowest BCUT2D eigenvalue weighted by Gasteiger charge is -2.31. The van der Waals surface area contributed by atoms with Gasteiger partial charge in [-0.05, 0) is 44.0 Å². The summed E-state index contributed by atoms with van der Waals surface area (Å²) in [5.74, 6) is 0.989. The number of hydrogen-bond donors (Lipinski definition) is 0. The number of fused-ring (bicyclic) bond motifs is 2. The molecule has 4 heteroatoms. The largest absolute Gasteiger partial charge is 0.494 e. The first-order valence-electron chi connectivity index (χ1n) is 7.38. The number of Topliss-reactive ketones (excluding diaryl/α,β-unsaturated/α-hetero) is 1. The number of nitrogens with zero attached hydrogens (tertiary/aromatic N) is 1. The molecule has 20 heavy (non-hydrogen) atoms. The molecule has 1 aromatic carbocycles. The summed E-state index contributed by atoms with van der Waals surface area (Å²) in [6, 6.07) is 7.42. The average molecular weight is 275 g/mol. The lowest BCUT2D eigenvalue weighted by Crippen LogP contribution is -2.44. The second-order valence-electron chi connectivity index (χ2n) is 5.53. The predicted molar refractivity (Wildman–Crippen MR) is 76.3 cm³/mol. The van der Waals surface area contributed by atoms with Gasteiger partial charge in [0.25, 0.3) is 0 Å². The summed E-state index contributed by atoms with van der Waals surface area (Å²) in [4.78, 5) is 14.5. The minimum Gasteiger partial charge on any atom is -0.494 e. The Morgan fingerprint density at radius 1 is 1.25 bits per heavy atom. The van der Waals surface area contributed by atoms with Gasteiger partial charge in [-0.15, -0.1) is 0 Å². The van der Waals surface area contributed by atoms with Crippen molar-refractivity contribution < 1.29 is 14.3 Å². The van der Waals surface area contributed by atoms with Gasteiger partial charge in [0.2, 0.25) is 0 Å². The molecule has 0 aromatic heterocycles. The van der Waals surface area contributed by atoms with Crippen LogP contribution in [-0.4, -0.2) is 49.1 Å². The highest BCUT2D eigenvalue weighted by molar-refractivity contribution is 5.97. The molecule has 2 bridgehead atoms. The first kappa shape index (κ1) is 13.6. The van der Waals surface area contributed by atoms with Crippen LogP contribution in [-0.2, 0) is 4.74 Å². The Kier molecular flexibility index (Phi) is 4.03. The monoisotopic (exact) mass is 275 g/mol. The highest BCUT2D eigenvalue weighted by Gasteiger charge is 2.34. The number of ether oxygens (including phenoxy) is 2. The molecule has 2 unspecified atom stereocenters. The van der Waals surface area contributed by atoms with Crippen LogP contribution in [0.15, 0.2) is 24.3 Å². The molecule has 3 rings (SSSR count). The van der Waals surface area contributed by atoms with Crippen LogP contribution in [0.1, 0.15) is 30.1 Å². The zero-order chi connectivity index (χ0) is 13.9. The van der Waals surface area contributed by atoms with Crippen molar-refractivity contribution in [2.24, 2.45) is 0 Å². The van der Waals surface area contributed by atoms with Crippen LogP contribution in [0.5, 0.6) is 5.75 Å². The van der Waals surface area contributed by atoms with Crippen LogP contribution >= 0.6 is 0 Å². The average Bonchev–Trinajstić information content (AvgIpc) is 2.79. The molecule has 2 aliphatic rings. The van der Waals surface area contributed by atoms with E-state index in [1.807, 2.05) is 31.2 Å². The Morgan fingerprint density at radius 3 is 2.50 bits per heavy atom. The highest BCUT2D eigenvalue weighted by Crippen LogP contribution is 2.26. The van der Waals surface area contributed by atoms with E-state index in [9.17, 15) is 4.79 Å². The SMILES string of the molecule is CCOc1ccc(C(=O)CN2CC3CCC(C2)O3)cc1. The minimum absolute atomic E-state index is 0.175. The molecule has 108 valence electrons. The molecule has 0 aliphatic carbocycles. The van der Waals surface area contributed by atoms with Gasteiger partial charge in [0.15, 0.2) is 5.78 Å². The van der Waals surface area contributed by atoms with Gasteiger partial charge in [-0.1, -0.05) is 0 Å². The number of carbonyl (C=O) groups excluding carboxylic acids is 1. The third-order valence-electron chi connectivity index (χ3n) is 3.97. The van der Waals surface area contributed by atoms with E-state index < -0.39 is 0 Å². The van der Waals surface area contributed by atoms with Gasteiger partial charge in [-0.25, -0.2) is 0 Å². The van der Waals surface area contributed by atoms with Crippen LogP contribution in [0, 0.1) is 0 Å². The van der Waals surface area contributed by atoms with E-state index in [0.29, 0.717) is 25.4 Å². The Labute approximate surface area is 119 Å². The van der Waals surface area contributed by atoms with Gasteiger partial charge in [0, 0.05) is 18.7 Å². The Morgan fingerprint density at radius 2 is 1.90 bits per heavy atom. The standard InChI is InChI=1S/C16H21NO3/c1-2-19-13-5-3-12(4-6-13)16(18)11-17-9-14-7-8-15(10-17)20-14/h3-6,14-15H,2,7-11H2,1H3. The number of benzene rings is 1. The minimum atomic E-state index is 0.175. The summed E-state index contributed by atoms with van der Waals surface area (Å²) in [6.45, 7) is 4.86. The zero-order valence-corrected chi connectivity index (χ0v) is 11.9. The molecule has 2 aliphatic heterocycles. The number of likely N-dealkylation sites (tertiary alicyclic amines) is 1. The Hall–Kier alpha value is -1.39. The molecule has 0 amide bonds. The maximum Gasteiger partial charge on any atom is 0.176 e. The summed E-state index contributed by atoms with van der Waals surface area (Å²) < 4.78 is 11.2. The summed E-state index contributed by atoms with van der Waals surface area (Å²) in [5.41, 5.74) is 0.757. The molecule has 0 N–H and O–H groups in total. The smallest absolute Gasteiger partial charge is 0.176 e. The predicted octanol–water partition coefficient (Wildman–Crippen LogP) is 2.13. The van der Waals surface area contributed by atoms with Crippen molar-refractivity contribution in [3.63, 3.8) is 0 Å². The van der Waals surface area contributed by atoms with E-state index in [1.54, 1.807) is 0 Å². The number of carbonyl (C=O) groups is 1. The third kappa shape index (κ3) is 3.02.